The number of nitrogens with one attached hydrogen (secondary N) is 2. The van der Waals surface area contributed by atoms with Crippen molar-refractivity contribution in [3.63, 3.8) is 0 Å². The van der Waals surface area contributed by atoms with Gasteiger partial charge in [-0.2, -0.15) is 5.10 Å². The zero-order valence-electron chi connectivity index (χ0n) is 17.9. The molecule has 0 aromatic heterocycles. The second-order valence-corrected chi connectivity index (χ2v) is 8.26. The normalized spacial score (nSPS) is 10.8. The van der Waals surface area contributed by atoms with Crippen LogP contribution in [0, 0.1) is 13.8 Å². The molecule has 3 aromatic carbocycles. The van der Waals surface area contributed by atoms with Crippen LogP contribution >= 0.6 is 35.4 Å². The highest BCUT2D eigenvalue weighted by Crippen LogP contribution is 2.30. The Balaban J connectivity index is 1.60. The van der Waals surface area contributed by atoms with Crippen LogP contribution in [0.4, 0.5) is 5.69 Å². The third-order valence-corrected chi connectivity index (χ3v) is 5.60. The Kier molecular flexibility index (Phi) is 8.33. The van der Waals surface area contributed by atoms with Gasteiger partial charge in [-0.25, -0.2) is 0 Å². The van der Waals surface area contributed by atoms with E-state index in [2.05, 4.69) is 28.8 Å². The summed E-state index contributed by atoms with van der Waals surface area (Å²) in [5, 5.41) is 8.89. The fourth-order valence-corrected chi connectivity index (χ4v) is 3.51. The minimum atomic E-state index is 0.291. The maximum atomic E-state index is 6.21. The largest absolute Gasteiger partial charge is 0.493 e. The average molecular weight is 488 g/mol. The van der Waals surface area contributed by atoms with Crippen LogP contribution in [0.2, 0.25) is 10.0 Å². The van der Waals surface area contributed by atoms with Crippen LogP contribution in [-0.4, -0.2) is 18.4 Å². The second-order valence-electron chi connectivity index (χ2n) is 7.01. The summed E-state index contributed by atoms with van der Waals surface area (Å²) in [6, 6.07) is 16.8. The zero-order valence-corrected chi connectivity index (χ0v) is 20.2. The molecule has 0 aliphatic heterocycles. The van der Waals surface area contributed by atoms with Gasteiger partial charge in [0.05, 0.1) is 13.3 Å². The first-order valence-electron chi connectivity index (χ1n) is 9.78. The molecule has 0 saturated carbocycles. The van der Waals surface area contributed by atoms with Gasteiger partial charge in [0, 0.05) is 21.3 Å². The minimum absolute atomic E-state index is 0.291. The molecule has 3 aromatic rings. The van der Waals surface area contributed by atoms with E-state index < -0.39 is 0 Å². The van der Waals surface area contributed by atoms with Crippen molar-refractivity contribution >= 4 is 52.4 Å². The van der Waals surface area contributed by atoms with Crippen LogP contribution in [0.5, 0.6) is 11.5 Å². The molecule has 166 valence electrons. The molecule has 0 fully saturated rings. The van der Waals surface area contributed by atoms with E-state index in [1.54, 1.807) is 25.5 Å². The number of rotatable bonds is 7. The summed E-state index contributed by atoms with van der Waals surface area (Å²) in [5.74, 6) is 1.17. The average Bonchev–Trinajstić information content (AvgIpc) is 2.77. The van der Waals surface area contributed by atoms with Crippen molar-refractivity contribution in [2.75, 3.05) is 12.4 Å². The van der Waals surface area contributed by atoms with Crippen molar-refractivity contribution in [3.05, 3.63) is 86.9 Å². The van der Waals surface area contributed by atoms with Gasteiger partial charge in [0.2, 0.25) is 0 Å². The van der Waals surface area contributed by atoms with Gasteiger partial charge in [-0.15, -0.1) is 0 Å². The second kappa shape index (κ2) is 11.2. The number of nitrogens with zero attached hydrogens (tertiary/aromatic N) is 1. The van der Waals surface area contributed by atoms with Crippen LogP contribution in [0.25, 0.3) is 0 Å². The number of hydrogen-bond donors (Lipinski definition) is 2. The minimum Gasteiger partial charge on any atom is -0.493 e. The molecule has 0 heterocycles. The molecule has 2 N–H and O–H groups in total. The van der Waals surface area contributed by atoms with Gasteiger partial charge in [0.15, 0.2) is 16.6 Å². The molecule has 0 bridgehead atoms. The summed E-state index contributed by atoms with van der Waals surface area (Å²) in [4.78, 5) is 0. The Morgan fingerprint density at radius 1 is 1.06 bits per heavy atom. The van der Waals surface area contributed by atoms with Crippen LogP contribution in [0.15, 0.2) is 59.7 Å². The van der Waals surface area contributed by atoms with Crippen LogP contribution in [0.3, 0.4) is 0 Å². The number of hydrazone groups is 1. The molecule has 0 radical (unpaired) electrons. The smallest absolute Gasteiger partial charge is 0.191 e. The van der Waals surface area contributed by atoms with Crippen molar-refractivity contribution in [3.8, 4) is 11.5 Å². The zero-order chi connectivity index (χ0) is 23.1. The molecular weight excluding hydrogens is 465 g/mol. The summed E-state index contributed by atoms with van der Waals surface area (Å²) >= 11 is 17.5. The Bertz CT molecular complexity index is 1150. The van der Waals surface area contributed by atoms with Gasteiger partial charge in [0.25, 0.3) is 0 Å². The van der Waals surface area contributed by atoms with Crippen molar-refractivity contribution in [2.24, 2.45) is 5.10 Å². The molecule has 0 aliphatic rings. The Hall–Kier alpha value is -2.80. The van der Waals surface area contributed by atoms with Gasteiger partial charge in [0.1, 0.15) is 6.61 Å². The lowest BCUT2D eigenvalue weighted by Crippen LogP contribution is -2.24. The highest BCUT2D eigenvalue weighted by Gasteiger charge is 2.08. The van der Waals surface area contributed by atoms with Gasteiger partial charge in [-0.3, -0.25) is 5.43 Å². The van der Waals surface area contributed by atoms with E-state index >= 15 is 0 Å². The summed E-state index contributed by atoms with van der Waals surface area (Å²) in [6.45, 7) is 4.39. The highest BCUT2D eigenvalue weighted by molar-refractivity contribution is 7.80. The predicted molar refractivity (Wildman–Crippen MR) is 137 cm³/mol. The lowest BCUT2D eigenvalue weighted by molar-refractivity contribution is 0.284. The lowest BCUT2D eigenvalue weighted by Gasteiger charge is -2.12. The molecular formula is C24H23Cl2N3O2S. The predicted octanol–water partition coefficient (Wildman–Crippen LogP) is 6.52. The van der Waals surface area contributed by atoms with Crippen molar-refractivity contribution in [2.45, 2.75) is 20.5 Å². The first-order chi connectivity index (χ1) is 15.4. The molecule has 0 aliphatic carbocycles. The Morgan fingerprint density at radius 2 is 1.88 bits per heavy atom. The quantitative estimate of drug-likeness (QED) is 0.225. The van der Waals surface area contributed by atoms with E-state index in [0.717, 1.165) is 22.4 Å². The maximum absolute atomic E-state index is 6.21. The van der Waals surface area contributed by atoms with Crippen molar-refractivity contribution < 1.29 is 9.47 Å². The number of thiocarbonyl (C=S) groups is 1. The Labute approximate surface area is 203 Å². The maximum Gasteiger partial charge on any atom is 0.191 e. The van der Waals surface area contributed by atoms with E-state index in [9.17, 15) is 0 Å². The van der Waals surface area contributed by atoms with Gasteiger partial charge >= 0.3 is 0 Å². The molecule has 32 heavy (non-hydrogen) atoms. The standard InChI is InChI=1S/C24H23Cl2N3O2S/c1-15-5-4-6-21(16(15)2)28-24(32)29-27-13-17-7-10-22(23(11-17)30-3)31-14-18-8-9-19(25)12-20(18)26/h4-13H,14H2,1-3H3,(H2,28,29,32). The number of benzene rings is 3. The number of anilines is 1. The number of halogens is 2. The Morgan fingerprint density at radius 3 is 2.62 bits per heavy atom. The van der Waals surface area contributed by atoms with E-state index in [-0.39, 0.29) is 0 Å². The first kappa shape index (κ1) is 23.9. The van der Waals surface area contributed by atoms with Crippen LogP contribution in [-0.2, 0) is 6.61 Å². The SMILES string of the molecule is COc1cc(C=NNC(=S)Nc2cccc(C)c2C)ccc1OCc1ccc(Cl)cc1Cl. The van der Waals surface area contributed by atoms with E-state index in [1.165, 1.54) is 5.56 Å². The topological polar surface area (TPSA) is 54.9 Å². The third kappa shape index (κ3) is 6.36. The molecule has 3 rings (SSSR count). The summed E-state index contributed by atoms with van der Waals surface area (Å²) < 4.78 is 11.3. The molecule has 0 amide bonds. The molecule has 8 heteroatoms. The summed E-state index contributed by atoms with van der Waals surface area (Å²) in [6.07, 6.45) is 1.65. The number of hydrogen-bond acceptors (Lipinski definition) is 4. The number of aryl methyl sites for hydroxylation is 1. The summed E-state index contributed by atoms with van der Waals surface area (Å²) in [5.41, 5.74) is 7.75. The molecule has 0 spiro atoms. The lowest BCUT2D eigenvalue weighted by atomic mass is 10.1. The van der Waals surface area contributed by atoms with Gasteiger partial charge in [-0.1, -0.05) is 41.4 Å². The fourth-order valence-electron chi connectivity index (χ4n) is 2.88. The van der Waals surface area contributed by atoms with E-state index in [1.807, 2.05) is 43.3 Å². The number of methoxy groups -OCH3 is 1. The third-order valence-electron chi connectivity index (χ3n) is 4.82. The monoisotopic (exact) mass is 487 g/mol. The van der Waals surface area contributed by atoms with E-state index in [4.69, 9.17) is 44.9 Å². The van der Waals surface area contributed by atoms with Crippen molar-refractivity contribution in [1.29, 1.82) is 0 Å². The van der Waals surface area contributed by atoms with E-state index in [0.29, 0.717) is 33.3 Å². The van der Waals surface area contributed by atoms with Crippen molar-refractivity contribution in [1.82, 2.24) is 5.43 Å². The molecule has 0 unspecified atom stereocenters. The van der Waals surface area contributed by atoms with Crippen LogP contribution < -0.4 is 20.2 Å². The number of ether oxygens (including phenoxy) is 2. The molecule has 5 nitrogen and oxygen atoms in total. The molecule has 0 saturated heterocycles. The fraction of sp³-hybridized carbons (Fsp3) is 0.167. The van der Waals surface area contributed by atoms with Gasteiger partial charge in [-0.05, 0) is 79.2 Å². The van der Waals surface area contributed by atoms with Gasteiger partial charge < -0.3 is 14.8 Å². The highest BCUT2D eigenvalue weighted by atomic mass is 35.5. The molecule has 0 atom stereocenters. The first-order valence-corrected chi connectivity index (χ1v) is 10.9. The van der Waals surface area contributed by atoms with Crippen LogP contribution in [0.1, 0.15) is 22.3 Å². The summed E-state index contributed by atoms with van der Waals surface area (Å²) in [7, 11) is 1.58.